The summed E-state index contributed by atoms with van der Waals surface area (Å²) in [5.41, 5.74) is 5.93. The van der Waals surface area contributed by atoms with Gasteiger partial charge in [0.15, 0.2) is 5.82 Å². The van der Waals surface area contributed by atoms with Crippen LogP contribution in [0.3, 0.4) is 0 Å². The molecule has 0 aliphatic heterocycles. The van der Waals surface area contributed by atoms with Gasteiger partial charge in [-0.3, -0.25) is 0 Å². The zero-order valence-electron chi connectivity index (χ0n) is 11.8. The van der Waals surface area contributed by atoms with Crippen molar-refractivity contribution in [3.8, 4) is 0 Å². The number of hydrogen-bond donors (Lipinski definition) is 1. The fourth-order valence-corrected chi connectivity index (χ4v) is 2.24. The monoisotopic (exact) mass is 295 g/mol. The van der Waals surface area contributed by atoms with Crippen LogP contribution in [0.25, 0.3) is 0 Å². The van der Waals surface area contributed by atoms with Crippen LogP contribution in [0.5, 0.6) is 0 Å². The molecule has 4 nitrogen and oxygen atoms in total. The first-order valence-electron chi connectivity index (χ1n) is 6.32. The van der Waals surface area contributed by atoms with Crippen molar-refractivity contribution in [3.05, 3.63) is 41.8 Å². The molecule has 0 unspecified atom stereocenters. The zero-order chi connectivity index (χ0) is 14.8. The van der Waals surface area contributed by atoms with E-state index in [2.05, 4.69) is 10.1 Å². The predicted octanol–water partition coefficient (Wildman–Crippen LogP) is 3.55. The van der Waals surface area contributed by atoms with Gasteiger partial charge in [-0.05, 0) is 29.7 Å². The molecule has 1 aromatic heterocycles. The van der Waals surface area contributed by atoms with Gasteiger partial charge in [-0.25, -0.2) is 4.39 Å². The van der Waals surface area contributed by atoms with Crippen molar-refractivity contribution in [1.29, 1.82) is 0 Å². The first-order valence-corrected chi connectivity index (χ1v) is 7.31. The average molecular weight is 295 g/mol. The smallest absolute Gasteiger partial charge is 0.244 e. The van der Waals surface area contributed by atoms with Gasteiger partial charge in [-0.1, -0.05) is 25.9 Å². The summed E-state index contributed by atoms with van der Waals surface area (Å²) >= 11 is 1.52. The van der Waals surface area contributed by atoms with Crippen LogP contribution in [-0.2, 0) is 5.75 Å². The highest BCUT2D eigenvalue weighted by Gasteiger charge is 2.27. The highest BCUT2D eigenvalue weighted by Crippen LogP contribution is 2.30. The Morgan fingerprint density at radius 3 is 2.55 bits per heavy atom. The van der Waals surface area contributed by atoms with Gasteiger partial charge < -0.3 is 10.3 Å². The number of nitrogens with zero attached hydrogens (tertiary/aromatic N) is 2. The molecular weight excluding hydrogens is 277 g/mol. The summed E-state index contributed by atoms with van der Waals surface area (Å²) in [4.78, 5) is 5.27. The van der Waals surface area contributed by atoms with E-state index in [0.29, 0.717) is 17.5 Å². The molecule has 0 saturated carbocycles. The highest BCUT2D eigenvalue weighted by atomic mass is 32.2. The molecule has 0 amide bonds. The standard InChI is InChI=1S/C14H18FN3OS/c1-14(2,3)12(16)13-17-11(18-19-13)8-20-10-6-4-9(15)5-7-10/h4-7,12H,8,16H2,1-3H3/t12-/m0/s1. The first-order chi connectivity index (χ1) is 9.36. The molecule has 6 heteroatoms. The Labute approximate surface area is 121 Å². The lowest BCUT2D eigenvalue weighted by atomic mass is 9.87. The van der Waals surface area contributed by atoms with Crippen molar-refractivity contribution in [1.82, 2.24) is 10.1 Å². The topological polar surface area (TPSA) is 64.9 Å². The summed E-state index contributed by atoms with van der Waals surface area (Å²) in [6, 6.07) is 6.02. The van der Waals surface area contributed by atoms with Crippen molar-refractivity contribution in [2.24, 2.45) is 11.1 Å². The van der Waals surface area contributed by atoms with E-state index in [1.54, 1.807) is 12.1 Å². The van der Waals surface area contributed by atoms with Crippen LogP contribution in [0, 0.1) is 11.2 Å². The first kappa shape index (κ1) is 15.0. The van der Waals surface area contributed by atoms with Gasteiger partial charge in [0.2, 0.25) is 5.89 Å². The van der Waals surface area contributed by atoms with Crippen LogP contribution in [-0.4, -0.2) is 10.1 Å². The maximum atomic E-state index is 12.8. The van der Waals surface area contributed by atoms with E-state index in [1.165, 1.54) is 23.9 Å². The minimum absolute atomic E-state index is 0.131. The molecule has 0 bridgehead atoms. The third kappa shape index (κ3) is 3.80. The number of nitrogens with two attached hydrogens (primary N) is 1. The van der Waals surface area contributed by atoms with Crippen molar-refractivity contribution in [2.45, 2.75) is 37.5 Å². The molecule has 0 aliphatic carbocycles. The molecule has 0 saturated heterocycles. The van der Waals surface area contributed by atoms with Crippen LogP contribution in [0.4, 0.5) is 4.39 Å². The predicted molar refractivity (Wildman–Crippen MR) is 76.6 cm³/mol. The lowest BCUT2D eigenvalue weighted by Crippen LogP contribution is -2.26. The van der Waals surface area contributed by atoms with Crippen LogP contribution in [0.1, 0.15) is 38.5 Å². The average Bonchev–Trinajstić information content (AvgIpc) is 2.85. The largest absolute Gasteiger partial charge is 0.338 e. The summed E-state index contributed by atoms with van der Waals surface area (Å²) in [5, 5.41) is 3.92. The van der Waals surface area contributed by atoms with Gasteiger partial charge in [-0.2, -0.15) is 4.98 Å². The normalized spacial score (nSPS) is 13.4. The molecule has 1 aromatic carbocycles. The van der Waals surface area contributed by atoms with Crippen LogP contribution in [0.2, 0.25) is 0 Å². The van der Waals surface area contributed by atoms with Gasteiger partial charge in [-0.15, -0.1) is 11.8 Å². The third-order valence-electron chi connectivity index (χ3n) is 2.86. The lowest BCUT2D eigenvalue weighted by molar-refractivity contribution is 0.252. The number of thioether (sulfide) groups is 1. The molecule has 1 heterocycles. The van der Waals surface area contributed by atoms with E-state index in [4.69, 9.17) is 10.3 Å². The zero-order valence-corrected chi connectivity index (χ0v) is 12.6. The third-order valence-corrected chi connectivity index (χ3v) is 3.87. The fourth-order valence-electron chi connectivity index (χ4n) is 1.50. The molecule has 2 aromatic rings. The molecule has 0 aliphatic rings. The van der Waals surface area contributed by atoms with E-state index < -0.39 is 0 Å². The van der Waals surface area contributed by atoms with Crippen LogP contribution < -0.4 is 5.73 Å². The van der Waals surface area contributed by atoms with Gasteiger partial charge in [0.25, 0.3) is 0 Å². The molecule has 0 fully saturated rings. The van der Waals surface area contributed by atoms with E-state index in [0.717, 1.165) is 4.90 Å². The minimum Gasteiger partial charge on any atom is -0.338 e. The number of rotatable bonds is 4. The SMILES string of the molecule is CC(C)(C)[C@@H](N)c1nc(CSc2ccc(F)cc2)no1. The molecule has 108 valence electrons. The van der Waals surface area contributed by atoms with Crippen molar-refractivity contribution in [2.75, 3.05) is 0 Å². The molecule has 0 radical (unpaired) electrons. The Morgan fingerprint density at radius 2 is 1.95 bits per heavy atom. The molecule has 0 spiro atoms. The second-order valence-corrected chi connectivity index (χ2v) is 6.68. The van der Waals surface area contributed by atoms with Crippen molar-refractivity contribution >= 4 is 11.8 Å². The van der Waals surface area contributed by atoms with E-state index in [1.807, 2.05) is 20.8 Å². The molecule has 2 rings (SSSR count). The summed E-state index contributed by atoms with van der Waals surface area (Å²) in [7, 11) is 0. The minimum atomic E-state index is -0.292. The number of halogens is 1. The Balaban J connectivity index is 1.98. The van der Waals surface area contributed by atoms with Crippen LogP contribution in [0.15, 0.2) is 33.7 Å². The van der Waals surface area contributed by atoms with E-state index in [9.17, 15) is 4.39 Å². The summed E-state index contributed by atoms with van der Waals surface area (Å²) in [5.74, 6) is 1.36. The van der Waals surface area contributed by atoms with Crippen LogP contribution >= 0.6 is 11.8 Å². The van der Waals surface area contributed by atoms with Gasteiger partial charge >= 0.3 is 0 Å². The molecule has 1 atom stereocenters. The quantitative estimate of drug-likeness (QED) is 0.874. The maximum absolute atomic E-state index is 12.8. The Kier molecular flexibility index (Phi) is 4.45. The summed E-state index contributed by atoms with van der Waals surface area (Å²) in [6.07, 6.45) is 0. The van der Waals surface area contributed by atoms with E-state index >= 15 is 0 Å². The molecular formula is C14H18FN3OS. The fraction of sp³-hybridized carbons (Fsp3) is 0.429. The van der Waals surface area contributed by atoms with Gasteiger partial charge in [0, 0.05) is 4.90 Å². The second kappa shape index (κ2) is 5.93. The van der Waals surface area contributed by atoms with Gasteiger partial charge in [0.1, 0.15) is 5.82 Å². The lowest BCUT2D eigenvalue weighted by Gasteiger charge is -2.23. The Bertz CT molecular complexity index is 563. The van der Waals surface area contributed by atoms with E-state index in [-0.39, 0.29) is 17.3 Å². The summed E-state index contributed by atoms with van der Waals surface area (Å²) < 4.78 is 18.0. The highest BCUT2D eigenvalue weighted by molar-refractivity contribution is 7.98. The number of benzene rings is 1. The molecule has 2 N–H and O–H groups in total. The number of hydrogen-bond acceptors (Lipinski definition) is 5. The Morgan fingerprint density at radius 1 is 1.30 bits per heavy atom. The van der Waals surface area contributed by atoms with Gasteiger partial charge in [0.05, 0.1) is 11.8 Å². The second-order valence-electron chi connectivity index (χ2n) is 5.64. The number of aromatic nitrogens is 2. The van der Waals surface area contributed by atoms with Crippen molar-refractivity contribution < 1.29 is 8.91 Å². The maximum Gasteiger partial charge on any atom is 0.244 e. The van der Waals surface area contributed by atoms with Crippen molar-refractivity contribution in [3.63, 3.8) is 0 Å². The molecule has 20 heavy (non-hydrogen) atoms. The Hall–Kier alpha value is -1.40. The summed E-state index contributed by atoms with van der Waals surface area (Å²) in [6.45, 7) is 6.07.